The van der Waals surface area contributed by atoms with Gasteiger partial charge in [-0.1, -0.05) is 18.2 Å². The maximum absolute atomic E-state index is 12.2. The average molecular weight is 332 g/mol. The molecule has 0 saturated heterocycles. The summed E-state index contributed by atoms with van der Waals surface area (Å²) >= 11 is 0. The Bertz CT molecular complexity index is 944. The van der Waals surface area contributed by atoms with Crippen molar-refractivity contribution >= 4 is 21.7 Å². The van der Waals surface area contributed by atoms with E-state index in [0.717, 1.165) is 18.0 Å². The smallest absolute Gasteiger partial charge is 0.352 e. The van der Waals surface area contributed by atoms with Crippen LogP contribution in [0.1, 0.15) is 10.5 Å². The van der Waals surface area contributed by atoms with Crippen molar-refractivity contribution < 1.29 is 18.3 Å². The Morgan fingerprint density at radius 3 is 2.65 bits per heavy atom. The minimum absolute atomic E-state index is 0.164. The van der Waals surface area contributed by atoms with E-state index in [0.29, 0.717) is 0 Å². The second-order valence-corrected chi connectivity index (χ2v) is 6.35. The third-order valence-corrected chi connectivity index (χ3v) is 4.41. The van der Waals surface area contributed by atoms with Crippen LogP contribution in [0.15, 0.2) is 59.9 Å². The van der Waals surface area contributed by atoms with Crippen LogP contribution < -0.4 is 4.72 Å². The Morgan fingerprint density at radius 2 is 2.00 bits per heavy atom. The lowest BCUT2D eigenvalue weighted by molar-refractivity contribution is 0.0691. The number of nitrogens with zero attached hydrogens (tertiary/aromatic N) is 2. The largest absolute Gasteiger partial charge is 0.477 e. The third kappa shape index (κ3) is 3.09. The lowest BCUT2D eigenvalue weighted by Gasteiger charge is -2.03. The number of benzene rings is 1. The highest BCUT2D eigenvalue weighted by molar-refractivity contribution is 7.92. The SMILES string of the molecule is O=C(O)c1cc(S(=O)(=O)Nc2cnn(-c3ccccc3)c2)c[nH]1. The number of aromatic carboxylic acids is 1. The number of anilines is 1. The second-order valence-electron chi connectivity index (χ2n) is 4.67. The molecule has 0 bridgehead atoms. The minimum atomic E-state index is -3.89. The van der Waals surface area contributed by atoms with Crippen molar-refractivity contribution in [1.29, 1.82) is 0 Å². The van der Waals surface area contributed by atoms with Crippen molar-refractivity contribution in [2.24, 2.45) is 0 Å². The predicted molar refractivity (Wildman–Crippen MR) is 82.1 cm³/mol. The number of aromatic amines is 1. The summed E-state index contributed by atoms with van der Waals surface area (Å²) in [5, 5.41) is 12.9. The number of sulfonamides is 1. The van der Waals surface area contributed by atoms with Crippen molar-refractivity contribution in [2.75, 3.05) is 4.72 Å². The van der Waals surface area contributed by atoms with Gasteiger partial charge in [0.2, 0.25) is 0 Å². The molecular formula is C14H12N4O4S. The second kappa shape index (κ2) is 5.61. The molecule has 0 radical (unpaired) electrons. The van der Waals surface area contributed by atoms with Gasteiger partial charge in [0.25, 0.3) is 10.0 Å². The molecule has 0 spiro atoms. The molecule has 0 fully saturated rings. The van der Waals surface area contributed by atoms with E-state index in [4.69, 9.17) is 5.11 Å². The summed E-state index contributed by atoms with van der Waals surface area (Å²) in [6.07, 6.45) is 4.01. The van der Waals surface area contributed by atoms with E-state index in [1.165, 1.54) is 17.1 Å². The molecule has 8 nitrogen and oxygen atoms in total. The van der Waals surface area contributed by atoms with Gasteiger partial charge in [-0.2, -0.15) is 5.10 Å². The number of hydrogen-bond acceptors (Lipinski definition) is 4. The number of carboxylic acid groups (broad SMARTS) is 1. The Kier molecular flexibility index (Phi) is 3.62. The van der Waals surface area contributed by atoms with Crippen molar-refractivity contribution in [3.05, 3.63) is 60.7 Å². The number of hydrogen-bond donors (Lipinski definition) is 3. The van der Waals surface area contributed by atoms with Gasteiger partial charge in [-0.15, -0.1) is 0 Å². The molecule has 0 saturated carbocycles. The normalized spacial score (nSPS) is 11.3. The zero-order valence-electron chi connectivity index (χ0n) is 11.7. The highest BCUT2D eigenvalue weighted by Gasteiger charge is 2.19. The summed E-state index contributed by atoms with van der Waals surface area (Å²) in [5.74, 6) is -1.23. The van der Waals surface area contributed by atoms with Gasteiger partial charge >= 0.3 is 5.97 Å². The van der Waals surface area contributed by atoms with Crippen LogP contribution in [0.5, 0.6) is 0 Å². The molecule has 0 amide bonds. The van der Waals surface area contributed by atoms with Crippen LogP contribution in [0.3, 0.4) is 0 Å². The minimum Gasteiger partial charge on any atom is -0.477 e. The van der Waals surface area contributed by atoms with E-state index in [-0.39, 0.29) is 16.3 Å². The molecule has 9 heteroatoms. The van der Waals surface area contributed by atoms with E-state index in [1.54, 1.807) is 0 Å². The average Bonchev–Trinajstić information content (AvgIpc) is 3.17. The van der Waals surface area contributed by atoms with Gasteiger partial charge in [-0.05, 0) is 18.2 Å². The van der Waals surface area contributed by atoms with E-state index in [9.17, 15) is 13.2 Å². The molecule has 3 N–H and O–H groups in total. The Hall–Kier alpha value is -3.07. The van der Waals surface area contributed by atoms with Crippen LogP contribution in [-0.2, 0) is 10.0 Å². The molecule has 0 aliphatic rings. The fourth-order valence-electron chi connectivity index (χ4n) is 1.96. The zero-order chi connectivity index (χ0) is 16.4. The van der Waals surface area contributed by atoms with Gasteiger partial charge in [0.1, 0.15) is 10.6 Å². The lowest BCUT2D eigenvalue weighted by atomic mass is 10.3. The maximum Gasteiger partial charge on any atom is 0.352 e. The van der Waals surface area contributed by atoms with Crippen molar-refractivity contribution in [3.63, 3.8) is 0 Å². The first kappa shape index (κ1) is 14.9. The van der Waals surface area contributed by atoms with Crippen LogP contribution in [0.4, 0.5) is 5.69 Å². The predicted octanol–water partition coefficient (Wildman–Crippen LogP) is 1.70. The molecule has 3 aromatic rings. The monoisotopic (exact) mass is 332 g/mol. The highest BCUT2D eigenvalue weighted by Crippen LogP contribution is 2.17. The van der Waals surface area contributed by atoms with Crippen molar-refractivity contribution in [1.82, 2.24) is 14.8 Å². The number of H-pyrrole nitrogens is 1. The highest BCUT2D eigenvalue weighted by atomic mass is 32.2. The molecule has 118 valence electrons. The summed E-state index contributed by atoms with van der Waals surface area (Å²) < 4.78 is 28.3. The van der Waals surface area contributed by atoms with Gasteiger partial charge < -0.3 is 10.1 Å². The van der Waals surface area contributed by atoms with Crippen molar-refractivity contribution in [3.8, 4) is 5.69 Å². The Morgan fingerprint density at radius 1 is 1.26 bits per heavy atom. The first-order valence-electron chi connectivity index (χ1n) is 6.50. The molecule has 0 unspecified atom stereocenters. The van der Waals surface area contributed by atoms with Crippen LogP contribution in [0.2, 0.25) is 0 Å². The molecule has 0 aliphatic heterocycles. The lowest BCUT2D eigenvalue weighted by Crippen LogP contribution is -2.11. The molecular weight excluding hydrogens is 320 g/mol. The first-order chi connectivity index (χ1) is 11.0. The van der Waals surface area contributed by atoms with Gasteiger partial charge in [0.05, 0.1) is 23.8 Å². The van der Waals surface area contributed by atoms with Gasteiger partial charge in [0.15, 0.2) is 0 Å². The molecule has 2 aromatic heterocycles. The van der Waals surface area contributed by atoms with Crippen LogP contribution >= 0.6 is 0 Å². The third-order valence-electron chi connectivity index (χ3n) is 3.05. The van der Waals surface area contributed by atoms with Crippen molar-refractivity contribution in [2.45, 2.75) is 4.90 Å². The van der Waals surface area contributed by atoms with Gasteiger partial charge in [-0.3, -0.25) is 4.72 Å². The summed E-state index contributed by atoms with van der Waals surface area (Å²) in [5.41, 5.74) is 0.852. The zero-order valence-corrected chi connectivity index (χ0v) is 12.5. The molecule has 2 heterocycles. The number of carboxylic acids is 1. The molecule has 1 aromatic carbocycles. The molecule has 3 rings (SSSR count). The van der Waals surface area contributed by atoms with Gasteiger partial charge in [-0.25, -0.2) is 17.9 Å². The van der Waals surface area contributed by atoms with Crippen LogP contribution in [0.25, 0.3) is 5.69 Å². The number of carbonyl (C=O) groups is 1. The summed E-state index contributed by atoms with van der Waals surface area (Å²) in [6.45, 7) is 0. The van der Waals surface area contributed by atoms with E-state index < -0.39 is 16.0 Å². The Labute approximate surface area is 131 Å². The summed E-state index contributed by atoms with van der Waals surface area (Å²) in [4.78, 5) is 13.0. The molecule has 0 aliphatic carbocycles. The van der Waals surface area contributed by atoms with Crippen LogP contribution in [-0.4, -0.2) is 34.3 Å². The van der Waals surface area contributed by atoms with E-state index in [2.05, 4.69) is 14.8 Å². The number of nitrogens with one attached hydrogen (secondary N) is 2. The topological polar surface area (TPSA) is 117 Å². The quantitative estimate of drug-likeness (QED) is 0.657. The summed E-state index contributed by atoms with van der Waals surface area (Å²) in [7, 11) is -3.89. The Balaban J connectivity index is 1.83. The number of rotatable bonds is 5. The maximum atomic E-state index is 12.2. The standard InChI is InChI=1S/C14H12N4O4S/c19-14(20)13-6-12(8-15-13)23(21,22)17-10-7-16-18(9-10)11-4-2-1-3-5-11/h1-9,15,17H,(H,19,20). The van der Waals surface area contributed by atoms with Gasteiger partial charge in [0, 0.05) is 6.20 Å². The number of para-hydroxylation sites is 1. The number of aromatic nitrogens is 3. The molecule has 23 heavy (non-hydrogen) atoms. The fourth-order valence-corrected chi connectivity index (χ4v) is 2.99. The first-order valence-corrected chi connectivity index (χ1v) is 7.99. The summed E-state index contributed by atoms with van der Waals surface area (Å²) in [6, 6.07) is 10.3. The van der Waals surface area contributed by atoms with E-state index >= 15 is 0 Å². The van der Waals surface area contributed by atoms with E-state index in [1.807, 2.05) is 30.3 Å². The van der Waals surface area contributed by atoms with Crippen LogP contribution in [0, 0.1) is 0 Å². The fraction of sp³-hybridized carbons (Fsp3) is 0. The molecule has 0 atom stereocenters.